The average molecular weight is 230 g/mol. The van der Waals surface area contributed by atoms with Crippen LogP contribution < -0.4 is 5.32 Å². The highest BCUT2D eigenvalue weighted by Crippen LogP contribution is 2.01. The fourth-order valence-corrected chi connectivity index (χ4v) is 1.85. The highest BCUT2D eigenvalue weighted by Gasteiger charge is 2.21. The van der Waals surface area contributed by atoms with E-state index in [9.17, 15) is 4.79 Å². The van der Waals surface area contributed by atoms with Crippen molar-refractivity contribution < 1.29 is 14.3 Å². The van der Waals surface area contributed by atoms with Crippen LogP contribution in [0.5, 0.6) is 0 Å². The summed E-state index contributed by atoms with van der Waals surface area (Å²) in [4.78, 5) is 13.8. The molecule has 0 aromatic rings. The molecule has 1 unspecified atom stereocenters. The van der Waals surface area contributed by atoms with Gasteiger partial charge in [0.05, 0.1) is 13.7 Å². The summed E-state index contributed by atoms with van der Waals surface area (Å²) in [6.45, 7) is 6.90. The minimum Gasteiger partial charge on any atom is -0.468 e. The van der Waals surface area contributed by atoms with Gasteiger partial charge >= 0.3 is 5.97 Å². The topological polar surface area (TPSA) is 50.8 Å². The van der Waals surface area contributed by atoms with Crippen LogP contribution in [-0.4, -0.2) is 63.4 Å². The molecule has 5 nitrogen and oxygen atoms in total. The molecular weight excluding hydrogens is 208 g/mol. The van der Waals surface area contributed by atoms with Crippen molar-refractivity contribution in [3.63, 3.8) is 0 Å². The van der Waals surface area contributed by atoms with E-state index < -0.39 is 0 Å². The van der Waals surface area contributed by atoms with Crippen molar-refractivity contribution in [3.8, 4) is 0 Å². The number of likely N-dealkylation sites (N-methyl/N-ethyl adjacent to an activating group) is 1. The largest absolute Gasteiger partial charge is 0.468 e. The number of hydrogen-bond donors (Lipinski definition) is 1. The van der Waals surface area contributed by atoms with E-state index in [1.54, 1.807) is 0 Å². The van der Waals surface area contributed by atoms with Gasteiger partial charge in [0.2, 0.25) is 0 Å². The van der Waals surface area contributed by atoms with Crippen LogP contribution in [0.4, 0.5) is 0 Å². The molecule has 1 saturated heterocycles. The predicted octanol–water partition coefficient (Wildman–Crippen LogP) is -0.140. The van der Waals surface area contributed by atoms with Crippen LogP contribution in [0.2, 0.25) is 0 Å². The first-order chi connectivity index (χ1) is 7.77. The minimum absolute atomic E-state index is 0.188. The average Bonchev–Trinajstić information content (AvgIpc) is 2.56. The highest BCUT2D eigenvalue weighted by molar-refractivity contribution is 5.75. The number of methoxy groups -OCH3 is 1. The van der Waals surface area contributed by atoms with E-state index in [1.807, 2.05) is 6.92 Å². The van der Waals surface area contributed by atoms with Crippen molar-refractivity contribution in [2.45, 2.75) is 19.4 Å². The molecule has 0 saturated carbocycles. The third-order valence-corrected chi connectivity index (χ3v) is 2.69. The smallest absolute Gasteiger partial charge is 0.324 e. The second kappa shape index (κ2) is 7.60. The van der Waals surface area contributed by atoms with E-state index >= 15 is 0 Å². The second-order valence-corrected chi connectivity index (χ2v) is 3.90. The molecule has 1 fully saturated rings. The Balaban J connectivity index is 2.42. The van der Waals surface area contributed by atoms with Gasteiger partial charge in [-0.05, 0) is 13.0 Å². The quantitative estimate of drug-likeness (QED) is 0.666. The summed E-state index contributed by atoms with van der Waals surface area (Å²) in [5.41, 5.74) is 0. The normalized spacial score (nSPS) is 20.1. The zero-order valence-corrected chi connectivity index (χ0v) is 10.2. The standard InChI is InChI=1S/C11H22N2O3/c1-3-12-10(11(14)15-2)9-13-5-4-7-16-8-6-13/h10,12H,3-9H2,1-2H3. The molecule has 0 bridgehead atoms. The van der Waals surface area contributed by atoms with Gasteiger partial charge in [-0.15, -0.1) is 0 Å². The Labute approximate surface area is 97.1 Å². The molecule has 1 aliphatic rings. The molecule has 1 rings (SSSR count). The predicted molar refractivity (Wildman–Crippen MR) is 61.4 cm³/mol. The number of carbonyl (C=O) groups is 1. The van der Waals surface area contributed by atoms with Crippen molar-refractivity contribution in [1.29, 1.82) is 0 Å². The van der Waals surface area contributed by atoms with E-state index in [0.29, 0.717) is 6.54 Å². The van der Waals surface area contributed by atoms with Gasteiger partial charge in [-0.1, -0.05) is 6.92 Å². The number of nitrogens with zero attached hydrogens (tertiary/aromatic N) is 1. The molecule has 0 aromatic heterocycles. The Morgan fingerprint density at radius 3 is 3.00 bits per heavy atom. The molecule has 94 valence electrons. The number of esters is 1. The molecular formula is C11H22N2O3. The first-order valence-corrected chi connectivity index (χ1v) is 5.89. The van der Waals surface area contributed by atoms with Crippen molar-refractivity contribution in [3.05, 3.63) is 0 Å². The summed E-state index contributed by atoms with van der Waals surface area (Å²) in [6, 6.07) is -0.229. The lowest BCUT2D eigenvalue weighted by molar-refractivity contribution is -0.143. The fraction of sp³-hybridized carbons (Fsp3) is 0.909. The number of carbonyl (C=O) groups excluding carboxylic acids is 1. The van der Waals surface area contributed by atoms with Gasteiger partial charge in [-0.3, -0.25) is 9.69 Å². The molecule has 0 spiro atoms. The Morgan fingerprint density at radius 1 is 1.50 bits per heavy atom. The van der Waals surface area contributed by atoms with Crippen molar-refractivity contribution >= 4 is 5.97 Å². The van der Waals surface area contributed by atoms with Crippen LogP contribution in [0.25, 0.3) is 0 Å². The molecule has 0 aliphatic carbocycles. The van der Waals surface area contributed by atoms with Gasteiger partial charge in [0.25, 0.3) is 0 Å². The molecule has 0 radical (unpaired) electrons. The first-order valence-electron chi connectivity index (χ1n) is 5.89. The van der Waals surface area contributed by atoms with E-state index in [-0.39, 0.29) is 12.0 Å². The SMILES string of the molecule is CCNC(CN1CCCOCC1)C(=O)OC. The summed E-state index contributed by atoms with van der Waals surface area (Å²) in [7, 11) is 1.43. The Morgan fingerprint density at radius 2 is 2.31 bits per heavy atom. The van der Waals surface area contributed by atoms with Gasteiger partial charge in [-0.2, -0.15) is 0 Å². The Hall–Kier alpha value is -0.650. The molecule has 0 aromatic carbocycles. The summed E-state index contributed by atoms with van der Waals surface area (Å²) in [6.07, 6.45) is 1.03. The first kappa shape index (κ1) is 13.4. The highest BCUT2D eigenvalue weighted by atomic mass is 16.5. The van der Waals surface area contributed by atoms with Crippen LogP contribution in [0, 0.1) is 0 Å². The molecule has 1 heterocycles. The molecule has 1 atom stereocenters. The van der Waals surface area contributed by atoms with Gasteiger partial charge in [0.15, 0.2) is 0 Å². The van der Waals surface area contributed by atoms with Gasteiger partial charge in [-0.25, -0.2) is 0 Å². The van der Waals surface area contributed by atoms with E-state index in [4.69, 9.17) is 9.47 Å². The zero-order valence-electron chi connectivity index (χ0n) is 10.2. The number of nitrogens with one attached hydrogen (secondary N) is 1. The number of rotatable bonds is 5. The zero-order chi connectivity index (χ0) is 11.8. The number of ether oxygens (including phenoxy) is 2. The summed E-state index contributed by atoms with van der Waals surface area (Å²) in [5.74, 6) is -0.188. The van der Waals surface area contributed by atoms with E-state index in [2.05, 4.69) is 10.2 Å². The maximum absolute atomic E-state index is 11.5. The van der Waals surface area contributed by atoms with Crippen molar-refractivity contribution in [1.82, 2.24) is 10.2 Å². The molecule has 1 aliphatic heterocycles. The maximum atomic E-state index is 11.5. The van der Waals surface area contributed by atoms with Crippen LogP contribution in [0.3, 0.4) is 0 Å². The molecule has 0 amide bonds. The van der Waals surface area contributed by atoms with Crippen LogP contribution in [0.1, 0.15) is 13.3 Å². The van der Waals surface area contributed by atoms with Crippen LogP contribution in [0.15, 0.2) is 0 Å². The van der Waals surface area contributed by atoms with E-state index in [0.717, 1.165) is 39.3 Å². The maximum Gasteiger partial charge on any atom is 0.324 e. The Kier molecular flexibility index (Phi) is 6.37. The molecule has 16 heavy (non-hydrogen) atoms. The second-order valence-electron chi connectivity index (χ2n) is 3.90. The summed E-state index contributed by atoms with van der Waals surface area (Å²) < 4.78 is 10.2. The third kappa shape index (κ3) is 4.47. The number of hydrogen-bond acceptors (Lipinski definition) is 5. The lowest BCUT2D eigenvalue weighted by Crippen LogP contribution is -2.47. The summed E-state index contributed by atoms with van der Waals surface area (Å²) >= 11 is 0. The van der Waals surface area contributed by atoms with E-state index in [1.165, 1.54) is 7.11 Å². The lowest BCUT2D eigenvalue weighted by atomic mass is 10.2. The molecule has 1 N–H and O–H groups in total. The van der Waals surface area contributed by atoms with Crippen LogP contribution >= 0.6 is 0 Å². The lowest BCUT2D eigenvalue weighted by Gasteiger charge is -2.24. The Bertz CT molecular complexity index is 203. The van der Waals surface area contributed by atoms with Gasteiger partial charge in [0.1, 0.15) is 6.04 Å². The van der Waals surface area contributed by atoms with Crippen molar-refractivity contribution in [2.75, 3.05) is 46.5 Å². The minimum atomic E-state index is -0.229. The van der Waals surface area contributed by atoms with Gasteiger partial charge < -0.3 is 14.8 Å². The third-order valence-electron chi connectivity index (χ3n) is 2.69. The monoisotopic (exact) mass is 230 g/mol. The van der Waals surface area contributed by atoms with Crippen molar-refractivity contribution in [2.24, 2.45) is 0 Å². The molecule has 5 heteroatoms. The van der Waals surface area contributed by atoms with Gasteiger partial charge in [0, 0.05) is 26.2 Å². The van der Waals surface area contributed by atoms with Crippen LogP contribution in [-0.2, 0) is 14.3 Å². The summed E-state index contributed by atoms with van der Waals surface area (Å²) in [5, 5.41) is 3.14. The fourth-order valence-electron chi connectivity index (χ4n) is 1.85.